The Balaban J connectivity index is 2.86. The third-order valence-corrected chi connectivity index (χ3v) is 4.49. The van der Waals surface area contributed by atoms with Crippen molar-refractivity contribution in [3.63, 3.8) is 0 Å². The molecule has 0 aliphatic carbocycles. The van der Waals surface area contributed by atoms with Crippen LogP contribution < -0.4 is 0 Å². The lowest BCUT2D eigenvalue weighted by molar-refractivity contribution is -0.143. The van der Waals surface area contributed by atoms with Gasteiger partial charge in [-0.25, -0.2) is 0 Å². The van der Waals surface area contributed by atoms with Crippen LogP contribution in [0.15, 0.2) is 26.3 Å². The Hall–Kier alpha value is -0.660. The van der Waals surface area contributed by atoms with Gasteiger partial charge in [-0.3, -0.25) is 9.59 Å². The van der Waals surface area contributed by atoms with Crippen LogP contribution in [0.3, 0.4) is 0 Å². The van der Waals surface area contributed by atoms with Gasteiger partial charge in [0.25, 0.3) is 5.91 Å². The first-order valence-corrected chi connectivity index (χ1v) is 7.90. The van der Waals surface area contributed by atoms with Gasteiger partial charge in [-0.05, 0) is 44.8 Å². The second-order valence-electron chi connectivity index (χ2n) is 3.52. The molecule has 0 spiro atoms. The summed E-state index contributed by atoms with van der Waals surface area (Å²) in [6, 6.07) is 1.72. The Kier molecular flexibility index (Phi) is 6.74. The first kappa shape index (κ1) is 16.4. The highest BCUT2D eigenvalue weighted by molar-refractivity contribution is 9.12. The maximum Gasteiger partial charge on any atom is 0.325 e. The van der Waals surface area contributed by atoms with Crippen molar-refractivity contribution >= 4 is 55.1 Å². The molecule has 1 aromatic heterocycles. The summed E-state index contributed by atoms with van der Waals surface area (Å²) in [5.74, 6) is -0.662. The van der Waals surface area contributed by atoms with Gasteiger partial charge < -0.3 is 9.64 Å². The summed E-state index contributed by atoms with van der Waals surface area (Å²) in [5, 5.41) is 0. The predicted molar refractivity (Wildman–Crippen MR) is 82.5 cm³/mol. The first-order valence-electron chi connectivity index (χ1n) is 5.50. The second-order valence-corrected chi connectivity index (χ2v) is 7.27. The van der Waals surface area contributed by atoms with Crippen molar-refractivity contribution in [2.45, 2.75) is 6.92 Å². The summed E-state index contributed by atoms with van der Waals surface area (Å²) >= 11 is 8.06. The zero-order valence-electron chi connectivity index (χ0n) is 10.3. The number of thiophene rings is 1. The third-order valence-electron chi connectivity index (χ3n) is 2.15. The zero-order chi connectivity index (χ0) is 14.4. The quantitative estimate of drug-likeness (QED) is 0.532. The van der Waals surface area contributed by atoms with Gasteiger partial charge in [0.15, 0.2) is 0 Å². The maximum atomic E-state index is 12.3. The van der Waals surface area contributed by atoms with E-state index in [2.05, 4.69) is 38.4 Å². The minimum atomic E-state index is -0.428. The van der Waals surface area contributed by atoms with Crippen LogP contribution in [-0.2, 0) is 9.53 Å². The van der Waals surface area contributed by atoms with Crippen LogP contribution in [0.2, 0.25) is 0 Å². The number of hydrogen-bond donors (Lipinski definition) is 0. The lowest BCUT2D eigenvalue weighted by Crippen LogP contribution is -2.36. The summed E-state index contributed by atoms with van der Waals surface area (Å²) < 4.78 is 6.42. The highest BCUT2D eigenvalue weighted by atomic mass is 79.9. The number of rotatable bonds is 6. The van der Waals surface area contributed by atoms with Crippen LogP contribution in [-0.4, -0.2) is 36.5 Å². The Morgan fingerprint density at radius 2 is 2.21 bits per heavy atom. The Labute approximate surface area is 132 Å². The Morgan fingerprint density at radius 3 is 2.68 bits per heavy atom. The molecule has 4 nitrogen and oxygen atoms in total. The molecule has 7 heteroatoms. The van der Waals surface area contributed by atoms with Gasteiger partial charge in [0.2, 0.25) is 0 Å². The van der Waals surface area contributed by atoms with Crippen molar-refractivity contribution in [3.05, 3.63) is 31.9 Å². The van der Waals surface area contributed by atoms with E-state index in [-0.39, 0.29) is 19.0 Å². The molecule has 0 radical (unpaired) electrons. The molecule has 0 unspecified atom stereocenters. The van der Waals surface area contributed by atoms with Crippen LogP contribution in [0.25, 0.3) is 0 Å². The van der Waals surface area contributed by atoms with Gasteiger partial charge in [0.05, 0.1) is 19.7 Å². The van der Waals surface area contributed by atoms with E-state index >= 15 is 0 Å². The number of esters is 1. The summed E-state index contributed by atoms with van der Waals surface area (Å²) in [4.78, 5) is 25.2. The number of amides is 1. The predicted octanol–water partition coefficient (Wildman–Crippen LogP) is 3.46. The number of ether oxygens (including phenoxy) is 1. The molecule has 0 N–H and O–H groups in total. The average Bonchev–Trinajstić information content (AvgIpc) is 2.67. The van der Waals surface area contributed by atoms with E-state index in [1.165, 1.54) is 16.2 Å². The van der Waals surface area contributed by atoms with Crippen molar-refractivity contribution in [2.24, 2.45) is 0 Å². The molecule has 1 rings (SSSR count). The molecule has 0 aromatic carbocycles. The molecule has 1 aromatic rings. The van der Waals surface area contributed by atoms with E-state index < -0.39 is 5.97 Å². The highest BCUT2D eigenvalue weighted by Gasteiger charge is 2.22. The van der Waals surface area contributed by atoms with Crippen molar-refractivity contribution in [2.75, 3.05) is 19.7 Å². The monoisotopic (exact) mass is 409 g/mol. The highest BCUT2D eigenvalue weighted by Crippen LogP contribution is 2.32. The molecule has 0 saturated heterocycles. The molecule has 0 saturated carbocycles. The molecular formula is C12H13Br2NO3S. The zero-order valence-corrected chi connectivity index (χ0v) is 14.3. The van der Waals surface area contributed by atoms with Gasteiger partial charge in [-0.1, -0.05) is 6.08 Å². The lowest BCUT2D eigenvalue weighted by Gasteiger charge is -2.19. The molecule has 1 heterocycles. The number of hydrogen-bond acceptors (Lipinski definition) is 4. The first-order chi connectivity index (χ1) is 8.99. The van der Waals surface area contributed by atoms with Gasteiger partial charge in [-0.2, -0.15) is 0 Å². The van der Waals surface area contributed by atoms with E-state index in [1.807, 2.05) is 0 Å². The smallest absolute Gasteiger partial charge is 0.325 e. The summed E-state index contributed by atoms with van der Waals surface area (Å²) in [7, 11) is 0. The topological polar surface area (TPSA) is 46.6 Å². The van der Waals surface area contributed by atoms with E-state index in [1.54, 1.807) is 19.1 Å². The summed E-state index contributed by atoms with van der Waals surface area (Å²) in [6.45, 7) is 5.82. The molecule has 0 aliphatic rings. The van der Waals surface area contributed by atoms with Crippen molar-refractivity contribution in [3.8, 4) is 0 Å². The molecular weight excluding hydrogens is 398 g/mol. The fourth-order valence-corrected chi connectivity index (χ4v) is 4.17. The fraction of sp³-hybridized carbons (Fsp3) is 0.333. The van der Waals surface area contributed by atoms with E-state index in [0.29, 0.717) is 12.2 Å². The third kappa shape index (κ3) is 4.74. The lowest BCUT2D eigenvalue weighted by atomic mass is 10.3. The standard InChI is InChI=1S/C12H13Br2NO3S/c1-3-5-15(7-10(16)18-4-2)12(17)8-6-9(13)19-11(8)14/h3,6H,1,4-5,7H2,2H3. The second kappa shape index (κ2) is 7.81. The van der Waals surface area contributed by atoms with Crippen LogP contribution in [0.5, 0.6) is 0 Å². The molecule has 0 fully saturated rings. The van der Waals surface area contributed by atoms with Crippen molar-refractivity contribution in [1.82, 2.24) is 4.90 Å². The Bertz CT molecular complexity index is 487. The summed E-state index contributed by atoms with van der Waals surface area (Å²) in [6.07, 6.45) is 1.58. The van der Waals surface area contributed by atoms with Crippen LogP contribution in [0, 0.1) is 0 Å². The normalized spacial score (nSPS) is 10.1. The van der Waals surface area contributed by atoms with E-state index in [9.17, 15) is 9.59 Å². The SMILES string of the molecule is C=CCN(CC(=O)OCC)C(=O)c1cc(Br)sc1Br. The Morgan fingerprint density at radius 1 is 1.53 bits per heavy atom. The van der Waals surface area contributed by atoms with Crippen molar-refractivity contribution in [1.29, 1.82) is 0 Å². The van der Waals surface area contributed by atoms with Crippen molar-refractivity contribution < 1.29 is 14.3 Å². The number of halogens is 2. The van der Waals surface area contributed by atoms with E-state index in [4.69, 9.17) is 4.74 Å². The minimum absolute atomic E-state index is 0.0847. The maximum absolute atomic E-state index is 12.3. The summed E-state index contributed by atoms with van der Waals surface area (Å²) in [5.41, 5.74) is 0.517. The molecule has 19 heavy (non-hydrogen) atoms. The van der Waals surface area contributed by atoms with Gasteiger partial charge >= 0.3 is 5.97 Å². The van der Waals surface area contributed by atoms with Crippen LogP contribution >= 0.6 is 43.2 Å². The van der Waals surface area contributed by atoms with Crippen LogP contribution in [0.1, 0.15) is 17.3 Å². The van der Waals surface area contributed by atoms with Crippen LogP contribution in [0.4, 0.5) is 0 Å². The number of carbonyl (C=O) groups is 2. The largest absolute Gasteiger partial charge is 0.465 e. The molecule has 1 amide bonds. The van der Waals surface area contributed by atoms with Gasteiger partial charge in [0, 0.05) is 6.54 Å². The number of carbonyl (C=O) groups excluding carboxylic acids is 2. The number of nitrogens with zero attached hydrogens (tertiary/aromatic N) is 1. The fourth-order valence-electron chi connectivity index (χ4n) is 1.39. The minimum Gasteiger partial charge on any atom is -0.465 e. The van der Waals surface area contributed by atoms with Gasteiger partial charge in [-0.15, -0.1) is 17.9 Å². The van der Waals surface area contributed by atoms with E-state index in [0.717, 1.165) is 7.57 Å². The molecule has 0 atom stereocenters. The van der Waals surface area contributed by atoms with Gasteiger partial charge in [0.1, 0.15) is 6.54 Å². The molecule has 104 valence electrons. The molecule has 0 aliphatic heterocycles. The average molecular weight is 411 g/mol. The molecule has 0 bridgehead atoms.